The second-order valence-corrected chi connectivity index (χ2v) is 5.83. The van der Waals surface area contributed by atoms with E-state index < -0.39 is 6.10 Å². The lowest BCUT2D eigenvalue weighted by atomic mass is 9.97. The molecule has 1 amide bonds. The fourth-order valence-electron chi connectivity index (χ4n) is 1.61. The van der Waals surface area contributed by atoms with Crippen molar-refractivity contribution in [3.05, 3.63) is 29.6 Å². The molecule has 4 heteroatoms. The van der Waals surface area contributed by atoms with Crippen LogP contribution >= 0.6 is 0 Å². The molecule has 0 fully saturated rings. The first-order valence-corrected chi connectivity index (χ1v) is 6.18. The van der Waals surface area contributed by atoms with Crippen molar-refractivity contribution >= 4 is 5.91 Å². The molecule has 0 aromatic carbocycles. The van der Waals surface area contributed by atoms with Crippen LogP contribution in [0.25, 0.3) is 0 Å². The van der Waals surface area contributed by atoms with Gasteiger partial charge in [-0.05, 0) is 32.8 Å². The smallest absolute Gasteiger partial charge is 0.270 e. The van der Waals surface area contributed by atoms with Crippen LogP contribution in [-0.4, -0.2) is 21.5 Å². The van der Waals surface area contributed by atoms with E-state index in [9.17, 15) is 9.90 Å². The zero-order valence-electron chi connectivity index (χ0n) is 11.7. The summed E-state index contributed by atoms with van der Waals surface area (Å²) in [5.74, 6) is -0.215. The number of rotatable bonds is 3. The Bertz CT molecular complexity index is 422. The minimum absolute atomic E-state index is 0.0374. The van der Waals surface area contributed by atoms with Gasteiger partial charge in [0.25, 0.3) is 5.91 Å². The molecule has 1 aromatic rings. The standard InChI is InChI=1S/C14H22N2O2/c1-9(2)12(17)10-7-6-8-15-11(10)13(18)16-14(3,4)5/h6-9,12,17H,1-5H3,(H,16,18). The Balaban J connectivity index is 3.06. The van der Waals surface area contributed by atoms with Crippen molar-refractivity contribution in [1.82, 2.24) is 10.3 Å². The maximum absolute atomic E-state index is 12.1. The van der Waals surface area contributed by atoms with E-state index >= 15 is 0 Å². The lowest BCUT2D eigenvalue weighted by molar-refractivity contribution is 0.0894. The highest BCUT2D eigenvalue weighted by atomic mass is 16.3. The molecule has 1 heterocycles. The molecule has 1 atom stereocenters. The molecular weight excluding hydrogens is 228 g/mol. The highest BCUT2D eigenvalue weighted by molar-refractivity contribution is 5.94. The number of aromatic nitrogens is 1. The molecule has 0 spiro atoms. The Morgan fingerprint density at radius 2 is 2.00 bits per heavy atom. The molecule has 2 N–H and O–H groups in total. The van der Waals surface area contributed by atoms with Crippen LogP contribution in [0.2, 0.25) is 0 Å². The molecule has 0 bridgehead atoms. The Morgan fingerprint density at radius 3 is 2.50 bits per heavy atom. The van der Waals surface area contributed by atoms with E-state index in [-0.39, 0.29) is 17.4 Å². The third-order valence-electron chi connectivity index (χ3n) is 2.49. The Kier molecular flexibility index (Phi) is 4.46. The highest BCUT2D eigenvalue weighted by Gasteiger charge is 2.23. The number of carbonyl (C=O) groups is 1. The summed E-state index contributed by atoms with van der Waals surface area (Å²) in [7, 11) is 0. The Hall–Kier alpha value is -1.42. The van der Waals surface area contributed by atoms with Crippen molar-refractivity contribution in [3.8, 4) is 0 Å². The summed E-state index contributed by atoms with van der Waals surface area (Å²) in [6.07, 6.45) is 0.883. The van der Waals surface area contributed by atoms with E-state index in [0.717, 1.165) is 0 Å². The largest absolute Gasteiger partial charge is 0.388 e. The molecule has 0 aliphatic rings. The van der Waals surface area contributed by atoms with E-state index in [1.807, 2.05) is 34.6 Å². The van der Waals surface area contributed by atoms with Gasteiger partial charge in [0.1, 0.15) is 5.69 Å². The number of nitrogens with one attached hydrogen (secondary N) is 1. The maximum atomic E-state index is 12.1. The van der Waals surface area contributed by atoms with Crippen LogP contribution in [0.3, 0.4) is 0 Å². The SMILES string of the molecule is CC(C)C(O)c1cccnc1C(=O)NC(C)(C)C. The predicted octanol–water partition coefficient (Wildman–Crippen LogP) is 2.30. The quantitative estimate of drug-likeness (QED) is 0.865. The molecule has 0 aliphatic heterocycles. The van der Waals surface area contributed by atoms with E-state index in [1.165, 1.54) is 0 Å². The van der Waals surface area contributed by atoms with Crippen LogP contribution in [0, 0.1) is 5.92 Å². The average Bonchev–Trinajstić information content (AvgIpc) is 2.25. The lowest BCUT2D eigenvalue weighted by Gasteiger charge is -2.22. The van der Waals surface area contributed by atoms with Crippen LogP contribution in [-0.2, 0) is 0 Å². The molecule has 1 unspecified atom stereocenters. The second kappa shape index (κ2) is 5.48. The minimum atomic E-state index is -0.681. The van der Waals surface area contributed by atoms with Crippen LogP contribution in [0.5, 0.6) is 0 Å². The van der Waals surface area contributed by atoms with Gasteiger partial charge in [0.15, 0.2) is 0 Å². The maximum Gasteiger partial charge on any atom is 0.270 e. The van der Waals surface area contributed by atoms with Crippen LogP contribution in [0.15, 0.2) is 18.3 Å². The summed E-state index contributed by atoms with van der Waals surface area (Å²) in [5, 5.41) is 13.0. The summed E-state index contributed by atoms with van der Waals surface area (Å²) >= 11 is 0. The van der Waals surface area contributed by atoms with E-state index in [4.69, 9.17) is 0 Å². The third kappa shape index (κ3) is 3.81. The molecule has 1 rings (SSSR count). The van der Waals surface area contributed by atoms with Crippen molar-refractivity contribution < 1.29 is 9.90 Å². The molecule has 0 saturated heterocycles. The van der Waals surface area contributed by atoms with Gasteiger partial charge < -0.3 is 10.4 Å². The summed E-state index contributed by atoms with van der Waals surface area (Å²) in [5.41, 5.74) is 0.553. The number of aliphatic hydroxyl groups excluding tert-OH is 1. The van der Waals surface area contributed by atoms with Gasteiger partial charge in [0.2, 0.25) is 0 Å². The molecule has 18 heavy (non-hydrogen) atoms. The normalized spacial score (nSPS) is 13.5. The van der Waals surface area contributed by atoms with Crippen molar-refractivity contribution in [3.63, 3.8) is 0 Å². The third-order valence-corrected chi connectivity index (χ3v) is 2.49. The number of aliphatic hydroxyl groups is 1. The number of hydrogen-bond acceptors (Lipinski definition) is 3. The Morgan fingerprint density at radius 1 is 1.39 bits per heavy atom. The van der Waals surface area contributed by atoms with Gasteiger partial charge in [-0.2, -0.15) is 0 Å². The van der Waals surface area contributed by atoms with Gasteiger partial charge >= 0.3 is 0 Å². The monoisotopic (exact) mass is 250 g/mol. The van der Waals surface area contributed by atoms with Crippen LogP contribution < -0.4 is 5.32 Å². The summed E-state index contributed by atoms with van der Waals surface area (Å²) in [6, 6.07) is 3.48. The van der Waals surface area contributed by atoms with Crippen molar-refractivity contribution in [2.75, 3.05) is 0 Å². The summed E-state index contributed by atoms with van der Waals surface area (Å²) < 4.78 is 0. The number of pyridine rings is 1. The molecule has 0 radical (unpaired) electrons. The Labute approximate surface area is 108 Å². The fourth-order valence-corrected chi connectivity index (χ4v) is 1.61. The first kappa shape index (κ1) is 14.6. The zero-order valence-corrected chi connectivity index (χ0v) is 11.7. The summed E-state index contributed by atoms with van der Waals surface area (Å²) in [4.78, 5) is 16.2. The molecule has 4 nitrogen and oxygen atoms in total. The number of nitrogens with zero attached hydrogens (tertiary/aromatic N) is 1. The second-order valence-electron chi connectivity index (χ2n) is 5.83. The minimum Gasteiger partial charge on any atom is -0.388 e. The van der Waals surface area contributed by atoms with Crippen LogP contribution in [0.4, 0.5) is 0 Å². The zero-order chi connectivity index (χ0) is 13.9. The molecule has 0 saturated carbocycles. The number of hydrogen-bond donors (Lipinski definition) is 2. The van der Waals surface area contributed by atoms with Gasteiger partial charge in [0.05, 0.1) is 6.10 Å². The van der Waals surface area contributed by atoms with Crippen molar-refractivity contribution in [2.24, 2.45) is 5.92 Å². The van der Waals surface area contributed by atoms with Gasteiger partial charge in [0, 0.05) is 17.3 Å². The average molecular weight is 250 g/mol. The number of carbonyl (C=O) groups excluding carboxylic acids is 1. The van der Waals surface area contributed by atoms with E-state index in [1.54, 1.807) is 18.3 Å². The highest BCUT2D eigenvalue weighted by Crippen LogP contribution is 2.23. The summed E-state index contributed by atoms with van der Waals surface area (Å²) in [6.45, 7) is 9.54. The fraction of sp³-hybridized carbons (Fsp3) is 0.571. The molecule has 100 valence electrons. The van der Waals surface area contributed by atoms with Crippen molar-refractivity contribution in [2.45, 2.75) is 46.3 Å². The predicted molar refractivity (Wildman–Crippen MR) is 71.3 cm³/mol. The molecule has 0 aliphatic carbocycles. The van der Waals surface area contributed by atoms with E-state index in [0.29, 0.717) is 11.3 Å². The number of amides is 1. The van der Waals surface area contributed by atoms with Gasteiger partial charge in [-0.15, -0.1) is 0 Å². The van der Waals surface area contributed by atoms with Crippen molar-refractivity contribution in [1.29, 1.82) is 0 Å². The molecule has 1 aromatic heterocycles. The van der Waals surface area contributed by atoms with Gasteiger partial charge in [-0.3, -0.25) is 9.78 Å². The molecular formula is C14H22N2O2. The first-order chi connectivity index (χ1) is 8.22. The van der Waals surface area contributed by atoms with E-state index in [2.05, 4.69) is 10.3 Å². The van der Waals surface area contributed by atoms with Crippen LogP contribution in [0.1, 0.15) is 56.8 Å². The topological polar surface area (TPSA) is 62.2 Å². The lowest BCUT2D eigenvalue weighted by Crippen LogP contribution is -2.41. The van der Waals surface area contributed by atoms with Gasteiger partial charge in [-0.1, -0.05) is 19.9 Å². The van der Waals surface area contributed by atoms with Gasteiger partial charge in [-0.25, -0.2) is 0 Å². The first-order valence-electron chi connectivity index (χ1n) is 6.18.